The molecule has 0 saturated heterocycles. The third-order valence-electron chi connectivity index (χ3n) is 4.32. The summed E-state index contributed by atoms with van der Waals surface area (Å²) >= 11 is 0. The minimum atomic E-state index is -0.237. The number of ether oxygens (including phenoxy) is 1. The lowest BCUT2D eigenvalue weighted by molar-refractivity contribution is 0.102. The standard InChI is InChI=1S/C22H23N3O2/c1-4-27-21-11-6-5-9-20(21)25-22(26)17-12-18(14-23-13-17)24-19-10-7-8-15(2)16(19)3/h5-14,24H,4H2,1-3H3,(H,25,26). The highest BCUT2D eigenvalue weighted by molar-refractivity contribution is 6.05. The molecule has 1 aromatic heterocycles. The number of anilines is 3. The fraction of sp³-hybridized carbons (Fsp3) is 0.182. The molecule has 3 aromatic rings. The molecule has 0 aliphatic heterocycles. The number of nitrogens with zero attached hydrogens (tertiary/aromatic N) is 1. The van der Waals surface area contributed by atoms with Crippen LogP contribution in [0.3, 0.4) is 0 Å². The number of benzene rings is 2. The van der Waals surface area contributed by atoms with Gasteiger partial charge in [0.05, 0.1) is 29.7 Å². The summed E-state index contributed by atoms with van der Waals surface area (Å²) in [6.45, 7) is 6.57. The third-order valence-corrected chi connectivity index (χ3v) is 4.32. The Morgan fingerprint density at radius 2 is 1.81 bits per heavy atom. The maximum atomic E-state index is 12.7. The molecule has 27 heavy (non-hydrogen) atoms. The van der Waals surface area contributed by atoms with Crippen molar-refractivity contribution >= 4 is 23.0 Å². The molecule has 1 amide bonds. The lowest BCUT2D eigenvalue weighted by Gasteiger charge is -2.13. The number of para-hydroxylation sites is 2. The van der Waals surface area contributed by atoms with Crippen LogP contribution >= 0.6 is 0 Å². The molecule has 0 saturated carbocycles. The molecule has 0 unspecified atom stereocenters. The topological polar surface area (TPSA) is 63.2 Å². The van der Waals surface area contributed by atoms with Crippen LogP contribution in [-0.4, -0.2) is 17.5 Å². The van der Waals surface area contributed by atoms with Crippen LogP contribution in [-0.2, 0) is 0 Å². The van der Waals surface area contributed by atoms with Crippen molar-refractivity contribution in [3.05, 3.63) is 77.6 Å². The van der Waals surface area contributed by atoms with E-state index in [4.69, 9.17) is 4.74 Å². The molecule has 3 rings (SSSR count). The molecule has 0 spiro atoms. The number of aromatic nitrogens is 1. The first-order valence-corrected chi connectivity index (χ1v) is 8.90. The van der Waals surface area contributed by atoms with Crippen molar-refractivity contribution in [1.29, 1.82) is 0 Å². The Hall–Kier alpha value is -3.34. The van der Waals surface area contributed by atoms with E-state index in [0.717, 1.165) is 16.9 Å². The molecule has 0 atom stereocenters. The Bertz CT molecular complexity index is 954. The molecule has 2 N–H and O–H groups in total. The number of amides is 1. The van der Waals surface area contributed by atoms with Gasteiger partial charge in [-0.3, -0.25) is 9.78 Å². The van der Waals surface area contributed by atoms with Crippen LogP contribution in [0.15, 0.2) is 60.9 Å². The van der Waals surface area contributed by atoms with Gasteiger partial charge in [0.2, 0.25) is 0 Å². The van der Waals surface area contributed by atoms with Gasteiger partial charge in [-0.1, -0.05) is 24.3 Å². The molecule has 0 radical (unpaired) electrons. The van der Waals surface area contributed by atoms with Gasteiger partial charge in [0.15, 0.2) is 0 Å². The zero-order chi connectivity index (χ0) is 19.2. The van der Waals surface area contributed by atoms with Gasteiger partial charge in [0.25, 0.3) is 5.91 Å². The summed E-state index contributed by atoms with van der Waals surface area (Å²) in [5, 5.41) is 6.23. The first kappa shape index (κ1) is 18.5. The number of carbonyl (C=O) groups is 1. The van der Waals surface area contributed by atoms with Gasteiger partial charge in [-0.05, 0) is 56.2 Å². The second kappa shape index (κ2) is 8.36. The van der Waals surface area contributed by atoms with Gasteiger partial charge in [-0.2, -0.15) is 0 Å². The Labute approximate surface area is 159 Å². The van der Waals surface area contributed by atoms with Gasteiger partial charge in [0.1, 0.15) is 5.75 Å². The second-order valence-electron chi connectivity index (χ2n) is 6.22. The molecular weight excluding hydrogens is 338 g/mol. The quantitative estimate of drug-likeness (QED) is 0.642. The number of aryl methyl sites for hydroxylation is 1. The molecule has 2 aromatic carbocycles. The number of nitrogens with one attached hydrogen (secondary N) is 2. The lowest BCUT2D eigenvalue weighted by atomic mass is 10.1. The first-order chi connectivity index (χ1) is 13.1. The van der Waals surface area contributed by atoms with E-state index in [1.165, 1.54) is 5.56 Å². The zero-order valence-corrected chi connectivity index (χ0v) is 15.7. The fourth-order valence-corrected chi connectivity index (χ4v) is 2.72. The van der Waals surface area contributed by atoms with Gasteiger partial charge < -0.3 is 15.4 Å². The van der Waals surface area contributed by atoms with Crippen molar-refractivity contribution in [1.82, 2.24) is 4.98 Å². The average Bonchev–Trinajstić information content (AvgIpc) is 2.67. The van der Waals surface area contributed by atoms with Gasteiger partial charge in [0, 0.05) is 11.9 Å². The third kappa shape index (κ3) is 4.44. The highest BCUT2D eigenvalue weighted by atomic mass is 16.5. The molecule has 0 aliphatic rings. The molecule has 1 heterocycles. The Morgan fingerprint density at radius 3 is 2.63 bits per heavy atom. The van der Waals surface area contributed by atoms with Crippen molar-refractivity contribution in [2.24, 2.45) is 0 Å². The molecule has 5 heteroatoms. The van der Waals surface area contributed by atoms with Gasteiger partial charge in [-0.15, -0.1) is 0 Å². The maximum absolute atomic E-state index is 12.7. The summed E-state index contributed by atoms with van der Waals surface area (Å²) in [6, 6.07) is 15.2. The van der Waals surface area contributed by atoms with Crippen LogP contribution in [0.4, 0.5) is 17.1 Å². The number of pyridine rings is 1. The normalized spacial score (nSPS) is 10.3. The molecule has 0 aliphatic carbocycles. The largest absolute Gasteiger partial charge is 0.492 e. The van der Waals surface area contributed by atoms with Crippen LogP contribution in [0, 0.1) is 13.8 Å². The molecule has 0 bridgehead atoms. The number of hydrogen-bond acceptors (Lipinski definition) is 4. The summed E-state index contributed by atoms with van der Waals surface area (Å²) in [6.07, 6.45) is 3.25. The van der Waals surface area contributed by atoms with Crippen molar-refractivity contribution in [2.75, 3.05) is 17.2 Å². The van der Waals surface area contributed by atoms with Gasteiger partial charge >= 0.3 is 0 Å². The summed E-state index contributed by atoms with van der Waals surface area (Å²) in [4.78, 5) is 16.9. The summed E-state index contributed by atoms with van der Waals surface area (Å²) in [5.74, 6) is 0.408. The molecular formula is C22H23N3O2. The van der Waals surface area contributed by atoms with Gasteiger partial charge in [-0.25, -0.2) is 0 Å². The van der Waals surface area contributed by atoms with Crippen molar-refractivity contribution < 1.29 is 9.53 Å². The van der Waals surface area contributed by atoms with E-state index >= 15 is 0 Å². The van der Waals surface area contributed by atoms with E-state index in [9.17, 15) is 4.79 Å². The Balaban J connectivity index is 1.79. The van der Waals surface area contributed by atoms with E-state index < -0.39 is 0 Å². The second-order valence-corrected chi connectivity index (χ2v) is 6.22. The average molecular weight is 361 g/mol. The van der Waals surface area contributed by atoms with E-state index in [1.807, 2.05) is 43.3 Å². The van der Waals surface area contributed by atoms with Crippen LogP contribution in [0.5, 0.6) is 5.75 Å². The molecule has 0 fully saturated rings. The maximum Gasteiger partial charge on any atom is 0.257 e. The molecule has 5 nitrogen and oxygen atoms in total. The van der Waals surface area contributed by atoms with Crippen LogP contribution in [0.25, 0.3) is 0 Å². The predicted octanol–water partition coefficient (Wildman–Crippen LogP) is 5.09. The van der Waals surface area contributed by atoms with Crippen molar-refractivity contribution in [3.8, 4) is 5.75 Å². The predicted molar refractivity (Wildman–Crippen MR) is 109 cm³/mol. The van der Waals surface area contributed by atoms with E-state index in [-0.39, 0.29) is 5.91 Å². The Morgan fingerprint density at radius 1 is 1.04 bits per heavy atom. The van der Waals surface area contributed by atoms with Crippen LogP contribution < -0.4 is 15.4 Å². The van der Waals surface area contributed by atoms with Crippen LogP contribution in [0.2, 0.25) is 0 Å². The highest BCUT2D eigenvalue weighted by Gasteiger charge is 2.11. The monoisotopic (exact) mass is 361 g/mol. The highest BCUT2D eigenvalue weighted by Crippen LogP contribution is 2.25. The Kier molecular flexibility index (Phi) is 5.71. The zero-order valence-electron chi connectivity index (χ0n) is 15.7. The smallest absolute Gasteiger partial charge is 0.257 e. The molecule has 138 valence electrons. The lowest BCUT2D eigenvalue weighted by Crippen LogP contribution is -2.13. The summed E-state index contributed by atoms with van der Waals surface area (Å²) in [5.41, 5.74) is 5.23. The first-order valence-electron chi connectivity index (χ1n) is 8.90. The number of rotatable bonds is 6. The van der Waals surface area contributed by atoms with E-state index in [2.05, 4.69) is 35.5 Å². The fourth-order valence-electron chi connectivity index (χ4n) is 2.72. The number of hydrogen-bond donors (Lipinski definition) is 2. The summed E-state index contributed by atoms with van der Waals surface area (Å²) < 4.78 is 5.56. The minimum absolute atomic E-state index is 0.237. The van der Waals surface area contributed by atoms with Crippen LogP contribution in [0.1, 0.15) is 28.4 Å². The SMILES string of the molecule is CCOc1ccccc1NC(=O)c1cncc(Nc2cccc(C)c2C)c1. The summed E-state index contributed by atoms with van der Waals surface area (Å²) in [7, 11) is 0. The minimum Gasteiger partial charge on any atom is -0.492 e. The van der Waals surface area contributed by atoms with Crippen molar-refractivity contribution in [3.63, 3.8) is 0 Å². The van der Waals surface area contributed by atoms with E-state index in [0.29, 0.717) is 23.6 Å². The number of carbonyl (C=O) groups excluding carboxylic acids is 1. The van der Waals surface area contributed by atoms with E-state index in [1.54, 1.807) is 18.5 Å². The van der Waals surface area contributed by atoms with Crippen molar-refractivity contribution in [2.45, 2.75) is 20.8 Å².